The van der Waals surface area contributed by atoms with Gasteiger partial charge in [-0.1, -0.05) is 20.8 Å². The van der Waals surface area contributed by atoms with Crippen LogP contribution in [0, 0.1) is 0 Å². The zero-order valence-corrected chi connectivity index (χ0v) is 11.9. The molecule has 0 saturated carbocycles. The Kier molecular flexibility index (Phi) is 3.58. The molecule has 0 aromatic carbocycles. The summed E-state index contributed by atoms with van der Waals surface area (Å²) in [7, 11) is -1.65. The van der Waals surface area contributed by atoms with E-state index < -0.39 is 8.32 Å². The summed E-state index contributed by atoms with van der Waals surface area (Å²) >= 11 is 1.46. The number of thiazole rings is 1. The van der Waals surface area contributed by atoms with Crippen LogP contribution in [0.25, 0.3) is 0 Å². The van der Waals surface area contributed by atoms with Crippen molar-refractivity contribution >= 4 is 24.8 Å². The summed E-state index contributed by atoms with van der Waals surface area (Å²) in [4.78, 5) is 4.19. The number of nitrogens with zero attached hydrogens (tertiary/aromatic N) is 1. The van der Waals surface area contributed by atoms with Gasteiger partial charge in [-0.2, -0.15) is 0 Å². The highest BCUT2D eigenvalue weighted by Crippen LogP contribution is 2.37. The molecule has 0 fully saturated rings. The van der Waals surface area contributed by atoms with Gasteiger partial charge in [-0.3, -0.25) is 0 Å². The molecular formula is C10H20N2OSSi. The topological polar surface area (TPSA) is 48.1 Å². The van der Waals surface area contributed by atoms with Crippen LogP contribution in [0.3, 0.4) is 0 Å². The van der Waals surface area contributed by atoms with Gasteiger partial charge in [0, 0.05) is 5.38 Å². The summed E-state index contributed by atoms with van der Waals surface area (Å²) < 4.78 is 6.02. The SMILES string of the molecule is CC(C)(C)[Si](C)(C)OCc1csc(N)n1. The smallest absolute Gasteiger partial charge is 0.192 e. The second-order valence-corrected chi connectivity index (χ2v) is 10.9. The molecule has 1 aromatic rings. The number of nitrogen functional groups attached to an aromatic ring is 1. The Morgan fingerprint density at radius 1 is 1.47 bits per heavy atom. The zero-order chi connectivity index (χ0) is 11.7. The van der Waals surface area contributed by atoms with Gasteiger partial charge < -0.3 is 10.2 Å². The summed E-state index contributed by atoms with van der Waals surface area (Å²) in [6.07, 6.45) is 0. The summed E-state index contributed by atoms with van der Waals surface area (Å²) in [5.41, 5.74) is 6.51. The monoisotopic (exact) mass is 244 g/mol. The van der Waals surface area contributed by atoms with Gasteiger partial charge in [-0.15, -0.1) is 11.3 Å². The van der Waals surface area contributed by atoms with Crippen LogP contribution in [0.15, 0.2) is 5.38 Å². The van der Waals surface area contributed by atoms with E-state index in [9.17, 15) is 0 Å². The molecule has 0 radical (unpaired) electrons. The molecule has 1 aromatic heterocycles. The van der Waals surface area contributed by atoms with E-state index in [1.165, 1.54) is 11.3 Å². The van der Waals surface area contributed by atoms with Crippen LogP contribution < -0.4 is 5.73 Å². The molecule has 0 saturated heterocycles. The van der Waals surface area contributed by atoms with E-state index in [-0.39, 0.29) is 5.04 Å². The van der Waals surface area contributed by atoms with Gasteiger partial charge in [-0.05, 0) is 18.1 Å². The summed E-state index contributed by atoms with van der Waals surface area (Å²) in [5.74, 6) is 0. The Bertz CT molecular complexity index is 330. The van der Waals surface area contributed by atoms with Crippen LogP contribution in [0.5, 0.6) is 0 Å². The van der Waals surface area contributed by atoms with Crippen molar-refractivity contribution in [3.63, 3.8) is 0 Å². The van der Waals surface area contributed by atoms with Gasteiger partial charge >= 0.3 is 0 Å². The van der Waals surface area contributed by atoms with E-state index in [0.29, 0.717) is 11.7 Å². The first kappa shape index (κ1) is 12.7. The number of hydrogen-bond acceptors (Lipinski definition) is 4. The molecule has 0 aliphatic heterocycles. The standard InChI is InChI=1S/C10H20N2OSSi/c1-10(2,3)15(4,5)13-6-8-7-14-9(11)12-8/h7H,6H2,1-5H3,(H2,11,12). The van der Waals surface area contributed by atoms with E-state index in [1.807, 2.05) is 5.38 Å². The molecule has 0 aliphatic rings. The molecule has 0 spiro atoms. The molecule has 0 bridgehead atoms. The number of nitrogens with two attached hydrogens (primary N) is 1. The molecule has 0 atom stereocenters. The van der Waals surface area contributed by atoms with E-state index in [0.717, 1.165) is 5.69 Å². The number of hydrogen-bond donors (Lipinski definition) is 1. The van der Waals surface area contributed by atoms with Crippen molar-refractivity contribution in [1.29, 1.82) is 0 Å². The van der Waals surface area contributed by atoms with Crippen molar-refractivity contribution in [3.8, 4) is 0 Å². The van der Waals surface area contributed by atoms with Crippen LogP contribution in [0.1, 0.15) is 26.5 Å². The Labute approximate surface area is 96.8 Å². The normalized spacial score (nSPS) is 13.1. The fourth-order valence-electron chi connectivity index (χ4n) is 0.860. The Balaban J connectivity index is 2.57. The van der Waals surface area contributed by atoms with Crippen molar-refractivity contribution in [1.82, 2.24) is 4.98 Å². The molecule has 1 rings (SSSR count). The van der Waals surface area contributed by atoms with Crippen molar-refractivity contribution in [2.45, 2.75) is 45.5 Å². The number of rotatable bonds is 3. The summed E-state index contributed by atoms with van der Waals surface area (Å²) in [6, 6.07) is 0. The van der Waals surface area contributed by atoms with Crippen molar-refractivity contribution in [2.75, 3.05) is 5.73 Å². The van der Waals surface area contributed by atoms with E-state index in [2.05, 4.69) is 38.8 Å². The van der Waals surface area contributed by atoms with Crippen LogP contribution in [-0.2, 0) is 11.0 Å². The van der Waals surface area contributed by atoms with Crippen molar-refractivity contribution in [2.24, 2.45) is 0 Å². The third-order valence-corrected chi connectivity index (χ3v) is 8.16. The Morgan fingerprint density at radius 2 is 2.07 bits per heavy atom. The minimum atomic E-state index is -1.65. The predicted octanol–water partition coefficient (Wildman–Crippen LogP) is 3.25. The molecule has 0 aliphatic carbocycles. The fourth-order valence-corrected chi connectivity index (χ4v) is 2.35. The van der Waals surface area contributed by atoms with Crippen molar-refractivity contribution < 1.29 is 4.43 Å². The third-order valence-electron chi connectivity index (χ3n) is 2.96. The minimum Gasteiger partial charge on any atom is -0.411 e. The molecule has 0 amide bonds. The zero-order valence-electron chi connectivity index (χ0n) is 10.1. The first-order chi connectivity index (χ1) is 6.72. The lowest BCUT2D eigenvalue weighted by Crippen LogP contribution is -2.40. The maximum Gasteiger partial charge on any atom is 0.192 e. The highest BCUT2D eigenvalue weighted by Gasteiger charge is 2.37. The lowest BCUT2D eigenvalue weighted by Gasteiger charge is -2.35. The number of aromatic nitrogens is 1. The number of anilines is 1. The van der Waals surface area contributed by atoms with Crippen LogP contribution >= 0.6 is 11.3 Å². The molecule has 0 unspecified atom stereocenters. The second-order valence-electron chi connectivity index (χ2n) is 5.23. The molecule has 2 N–H and O–H groups in total. The average Bonchev–Trinajstić information content (AvgIpc) is 2.46. The van der Waals surface area contributed by atoms with E-state index >= 15 is 0 Å². The van der Waals surface area contributed by atoms with Gasteiger partial charge in [-0.25, -0.2) is 4.98 Å². The van der Waals surface area contributed by atoms with E-state index in [4.69, 9.17) is 10.2 Å². The molecule has 3 nitrogen and oxygen atoms in total. The Hall–Kier alpha value is -0.393. The molecule has 5 heteroatoms. The fraction of sp³-hybridized carbons (Fsp3) is 0.700. The quantitative estimate of drug-likeness (QED) is 0.830. The maximum absolute atomic E-state index is 6.02. The second kappa shape index (κ2) is 4.23. The minimum absolute atomic E-state index is 0.245. The average molecular weight is 244 g/mol. The van der Waals surface area contributed by atoms with Gasteiger partial charge in [0.15, 0.2) is 13.4 Å². The predicted molar refractivity (Wildman–Crippen MR) is 68.5 cm³/mol. The maximum atomic E-state index is 6.02. The molecule has 86 valence electrons. The van der Waals surface area contributed by atoms with Crippen LogP contribution in [0.4, 0.5) is 5.13 Å². The first-order valence-electron chi connectivity index (χ1n) is 5.06. The molecule has 15 heavy (non-hydrogen) atoms. The highest BCUT2D eigenvalue weighted by atomic mass is 32.1. The first-order valence-corrected chi connectivity index (χ1v) is 8.85. The largest absolute Gasteiger partial charge is 0.411 e. The summed E-state index contributed by atoms with van der Waals surface area (Å²) in [6.45, 7) is 11.8. The van der Waals surface area contributed by atoms with Gasteiger partial charge in [0.1, 0.15) is 0 Å². The van der Waals surface area contributed by atoms with Crippen LogP contribution in [0.2, 0.25) is 18.1 Å². The highest BCUT2D eigenvalue weighted by molar-refractivity contribution is 7.13. The van der Waals surface area contributed by atoms with Gasteiger partial charge in [0.2, 0.25) is 0 Å². The van der Waals surface area contributed by atoms with Gasteiger partial charge in [0.25, 0.3) is 0 Å². The lowest BCUT2D eigenvalue weighted by molar-refractivity contribution is 0.273. The lowest BCUT2D eigenvalue weighted by atomic mass is 10.2. The van der Waals surface area contributed by atoms with Crippen LogP contribution in [-0.4, -0.2) is 13.3 Å². The van der Waals surface area contributed by atoms with Gasteiger partial charge in [0.05, 0.1) is 12.3 Å². The molecule has 1 heterocycles. The third kappa shape index (κ3) is 3.29. The summed E-state index contributed by atoms with van der Waals surface area (Å²) in [5, 5.41) is 2.82. The Morgan fingerprint density at radius 3 is 2.47 bits per heavy atom. The van der Waals surface area contributed by atoms with Crippen molar-refractivity contribution in [3.05, 3.63) is 11.1 Å². The van der Waals surface area contributed by atoms with E-state index in [1.54, 1.807) is 0 Å². The molecular weight excluding hydrogens is 224 g/mol.